The van der Waals surface area contributed by atoms with E-state index in [4.69, 9.17) is 0 Å². The molecule has 0 radical (unpaired) electrons. The van der Waals surface area contributed by atoms with E-state index < -0.39 is 0 Å². The van der Waals surface area contributed by atoms with Crippen LogP contribution in [0.5, 0.6) is 0 Å². The molecule has 0 fully saturated rings. The summed E-state index contributed by atoms with van der Waals surface area (Å²) in [6.45, 7) is 6.68. The Kier molecular flexibility index (Phi) is 5.79. The highest BCUT2D eigenvalue weighted by molar-refractivity contribution is 9.10. The topological polar surface area (TPSA) is 24.9 Å². The maximum absolute atomic E-state index is 4.27. The van der Waals surface area contributed by atoms with Crippen LogP contribution in [-0.4, -0.2) is 23.0 Å². The van der Waals surface area contributed by atoms with Gasteiger partial charge in [0.05, 0.1) is 0 Å². The zero-order valence-electron chi connectivity index (χ0n) is 8.79. The van der Waals surface area contributed by atoms with Gasteiger partial charge in [-0.15, -0.1) is 6.58 Å². The quantitative estimate of drug-likeness (QED) is 0.640. The second kappa shape index (κ2) is 6.90. The van der Waals surface area contributed by atoms with Crippen LogP contribution in [-0.2, 0) is 0 Å². The minimum Gasteiger partial charge on any atom is -0.369 e. The molecule has 2 nitrogen and oxygen atoms in total. The fraction of sp³-hybridized carbons (Fsp3) is 0.364. The van der Waals surface area contributed by atoms with E-state index in [2.05, 4.69) is 39.7 Å². The van der Waals surface area contributed by atoms with Crippen LogP contribution in [0.25, 0.3) is 0 Å². The fourth-order valence-corrected chi connectivity index (χ4v) is 1.85. The van der Waals surface area contributed by atoms with Crippen LogP contribution in [0.3, 0.4) is 0 Å². The number of aryl methyl sites for hydroxylation is 1. The molecular weight excluding hydrogens is 272 g/mol. The number of aromatic nitrogens is 1. The lowest BCUT2D eigenvalue weighted by atomic mass is 10.3. The van der Waals surface area contributed by atoms with Gasteiger partial charge in [-0.2, -0.15) is 11.8 Å². The van der Waals surface area contributed by atoms with E-state index in [1.165, 1.54) is 5.56 Å². The molecule has 15 heavy (non-hydrogen) atoms. The number of hydrogen-bond donors (Lipinski definition) is 1. The molecule has 1 N–H and O–H groups in total. The normalized spacial score (nSPS) is 10.0. The molecule has 0 spiro atoms. The number of rotatable bonds is 6. The molecule has 1 aromatic heterocycles. The Labute approximate surface area is 104 Å². The molecule has 0 saturated carbocycles. The van der Waals surface area contributed by atoms with Crippen molar-refractivity contribution < 1.29 is 0 Å². The summed E-state index contributed by atoms with van der Waals surface area (Å²) in [6.07, 6.45) is 3.75. The Bertz CT molecular complexity index is 328. The van der Waals surface area contributed by atoms with Gasteiger partial charge < -0.3 is 5.32 Å². The third-order valence-corrected chi connectivity index (χ3v) is 3.63. The van der Waals surface area contributed by atoms with Crippen molar-refractivity contribution in [2.75, 3.05) is 23.4 Å². The molecule has 1 aromatic rings. The van der Waals surface area contributed by atoms with Gasteiger partial charge >= 0.3 is 0 Å². The van der Waals surface area contributed by atoms with Gasteiger partial charge in [-0.1, -0.05) is 6.08 Å². The molecule has 0 aliphatic rings. The second-order valence-electron chi connectivity index (χ2n) is 3.11. The van der Waals surface area contributed by atoms with E-state index in [-0.39, 0.29) is 0 Å². The first-order valence-electron chi connectivity index (χ1n) is 4.78. The zero-order valence-corrected chi connectivity index (χ0v) is 11.2. The zero-order chi connectivity index (χ0) is 11.1. The maximum atomic E-state index is 4.27. The highest BCUT2D eigenvalue weighted by atomic mass is 79.9. The van der Waals surface area contributed by atoms with Crippen molar-refractivity contribution in [3.63, 3.8) is 0 Å². The van der Waals surface area contributed by atoms with Gasteiger partial charge in [0.2, 0.25) is 0 Å². The summed E-state index contributed by atoms with van der Waals surface area (Å²) >= 11 is 5.29. The van der Waals surface area contributed by atoms with Crippen LogP contribution < -0.4 is 5.32 Å². The van der Waals surface area contributed by atoms with Crippen molar-refractivity contribution in [3.05, 3.63) is 35.0 Å². The molecule has 0 aromatic carbocycles. The lowest BCUT2D eigenvalue weighted by Crippen LogP contribution is -2.05. The molecule has 0 bridgehead atoms. The largest absolute Gasteiger partial charge is 0.369 e. The first-order chi connectivity index (χ1) is 7.24. The van der Waals surface area contributed by atoms with Crippen molar-refractivity contribution in [1.82, 2.24) is 4.98 Å². The van der Waals surface area contributed by atoms with E-state index in [9.17, 15) is 0 Å². The minimum absolute atomic E-state index is 0.937. The van der Waals surface area contributed by atoms with Crippen LogP contribution in [0, 0.1) is 6.92 Å². The van der Waals surface area contributed by atoms with Crippen molar-refractivity contribution in [3.8, 4) is 0 Å². The first kappa shape index (κ1) is 12.6. The molecule has 4 heteroatoms. The first-order valence-corrected chi connectivity index (χ1v) is 6.73. The average Bonchev–Trinajstić information content (AvgIpc) is 2.23. The molecule has 0 aliphatic heterocycles. The number of hydrogen-bond acceptors (Lipinski definition) is 3. The van der Waals surface area contributed by atoms with Crippen molar-refractivity contribution >= 4 is 33.5 Å². The minimum atomic E-state index is 0.937. The highest BCUT2D eigenvalue weighted by Crippen LogP contribution is 2.17. The van der Waals surface area contributed by atoms with Crippen LogP contribution in [0.15, 0.2) is 29.4 Å². The number of thioether (sulfide) groups is 1. The summed E-state index contributed by atoms with van der Waals surface area (Å²) in [7, 11) is 0. The molecule has 0 aliphatic carbocycles. The van der Waals surface area contributed by atoms with E-state index in [1.54, 1.807) is 0 Å². The van der Waals surface area contributed by atoms with Crippen LogP contribution in [0.4, 0.5) is 5.82 Å². The molecule has 0 unspecified atom stereocenters. The average molecular weight is 287 g/mol. The Morgan fingerprint density at radius 2 is 2.47 bits per heavy atom. The molecular formula is C11H15BrN2S. The highest BCUT2D eigenvalue weighted by Gasteiger charge is 1.97. The van der Waals surface area contributed by atoms with Crippen molar-refractivity contribution in [2.24, 2.45) is 0 Å². The summed E-state index contributed by atoms with van der Waals surface area (Å²) < 4.78 is 1.05. The standard InChI is InChI=1S/C11H15BrN2S/c1-3-5-15-6-4-13-11-7-9(2)10(12)8-14-11/h3,7-8H,1,4-6H2,2H3,(H,13,14). The smallest absolute Gasteiger partial charge is 0.126 e. The summed E-state index contributed by atoms with van der Waals surface area (Å²) in [5.41, 5.74) is 1.20. The molecule has 0 atom stereocenters. The third kappa shape index (κ3) is 4.71. The molecule has 82 valence electrons. The van der Waals surface area contributed by atoms with Gasteiger partial charge in [0.15, 0.2) is 0 Å². The van der Waals surface area contributed by atoms with Crippen LogP contribution in [0.1, 0.15) is 5.56 Å². The predicted octanol–water partition coefficient (Wildman–Crippen LogP) is 3.48. The van der Waals surface area contributed by atoms with Crippen molar-refractivity contribution in [2.45, 2.75) is 6.92 Å². The van der Waals surface area contributed by atoms with Gasteiger partial charge in [-0.05, 0) is 34.5 Å². The number of halogens is 1. The van der Waals surface area contributed by atoms with Crippen LogP contribution in [0.2, 0.25) is 0 Å². The Morgan fingerprint density at radius 3 is 3.13 bits per heavy atom. The summed E-state index contributed by atoms with van der Waals surface area (Å²) in [4.78, 5) is 4.27. The summed E-state index contributed by atoms with van der Waals surface area (Å²) in [5, 5.41) is 3.28. The molecule has 0 amide bonds. The summed E-state index contributed by atoms with van der Waals surface area (Å²) in [5.74, 6) is 3.02. The van der Waals surface area contributed by atoms with E-state index in [0.717, 1.165) is 28.3 Å². The Balaban J connectivity index is 2.31. The molecule has 1 heterocycles. The Hall–Kier alpha value is -0.480. The lowest BCUT2D eigenvalue weighted by Gasteiger charge is -2.06. The maximum Gasteiger partial charge on any atom is 0.126 e. The number of anilines is 1. The number of pyridine rings is 1. The summed E-state index contributed by atoms with van der Waals surface area (Å²) in [6, 6.07) is 2.04. The van der Waals surface area contributed by atoms with Gasteiger partial charge in [-0.3, -0.25) is 0 Å². The van der Waals surface area contributed by atoms with E-state index >= 15 is 0 Å². The number of nitrogens with zero attached hydrogens (tertiary/aromatic N) is 1. The third-order valence-electron chi connectivity index (χ3n) is 1.84. The molecule has 0 saturated heterocycles. The van der Waals surface area contributed by atoms with E-state index in [0.29, 0.717) is 0 Å². The Morgan fingerprint density at radius 1 is 1.67 bits per heavy atom. The van der Waals surface area contributed by atoms with E-state index in [1.807, 2.05) is 30.1 Å². The lowest BCUT2D eigenvalue weighted by molar-refractivity contribution is 1.15. The number of nitrogens with one attached hydrogen (secondary N) is 1. The monoisotopic (exact) mass is 286 g/mol. The SMILES string of the molecule is C=CCSCCNc1cc(C)c(Br)cn1. The van der Waals surface area contributed by atoms with Gasteiger partial charge in [0.1, 0.15) is 5.82 Å². The fourth-order valence-electron chi connectivity index (χ4n) is 1.05. The second-order valence-corrected chi connectivity index (χ2v) is 5.11. The van der Waals surface area contributed by atoms with Gasteiger partial charge in [0.25, 0.3) is 0 Å². The van der Waals surface area contributed by atoms with Crippen LogP contribution >= 0.6 is 27.7 Å². The van der Waals surface area contributed by atoms with Gasteiger partial charge in [-0.25, -0.2) is 4.98 Å². The van der Waals surface area contributed by atoms with Gasteiger partial charge in [0, 0.05) is 28.7 Å². The molecule has 1 rings (SSSR count). The predicted molar refractivity (Wildman–Crippen MR) is 72.7 cm³/mol. The van der Waals surface area contributed by atoms with Crippen molar-refractivity contribution in [1.29, 1.82) is 0 Å².